The van der Waals surface area contributed by atoms with Crippen LogP contribution in [-0.4, -0.2) is 47.6 Å². The second kappa shape index (κ2) is 7.53. The molecule has 138 valence electrons. The summed E-state index contributed by atoms with van der Waals surface area (Å²) in [6.45, 7) is 4.83. The van der Waals surface area contributed by atoms with Crippen LogP contribution in [0.5, 0.6) is 0 Å². The van der Waals surface area contributed by atoms with Gasteiger partial charge in [0, 0.05) is 44.9 Å². The van der Waals surface area contributed by atoms with Gasteiger partial charge in [-0.05, 0) is 19.3 Å². The fourth-order valence-electron chi connectivity index (χ4n) is 3.46. The Bertz CT molecular complexity index is 837. The van der Waals surface area contributed by atoms with E-state index in [9.17, 15) is 0 Å². The first-order valence-corrected chi connectivity index (χ1v) is 9.97. The molecule has 0 bridgehead atoms. The van der Waals surface area contributed by atoms with E-state index in [2.05, 4.69) is 48.8 Å². The van der Waals surface area contributed by atoms with Gasteiger partial charge in [-0.3, -0.25) is 0 Å². The number of piperidine rings is 1. The molecule has 1 aliphatic heterocycles. The first kappa shape index (κ1) is 17.1. The Hall–Kier alpha value is -2.29. The number of hydrogen-bond donors (Lipinski definition) is 0. The minimum Gasteiger partial charge on any atom is -0.346 e. The normalized spacial score (nSPS) is 17.8. The number of hydrogen-bond acceptors (Lipinski definition) is 7. The molecule has 3 aromatic rings. The zero-order chi connectivity index (χ0) is 17.9. The monoisotopic (exact) mass is 372 g/mol. The van der Waals surface area contributed by atoms with Gasteiger partial charge in [0.2, 0.25) is 5.13 Å². The Balaban J connectivity index is 1.48. The van der Waals surface area contributed by atoms with Crippen LogP contribution >= 0.6 is 11.3 Å². The first-order valence-electron chi connectivity index (χ1n) is 9.15. The SMILES string of the molecule is CCCc1nnc(N2CCC[C@H](c3nnc(Cn4ccnc4)n3C)C2)s1. The minimum absolute atomic E-state index is 0.372. The first-order chi connectivity index (χ1) is 12.7. The van der Waals surface area contributed by atoms with Crippen molar-refractivity contribution >= 4 is 16.5 Å². The lowest BCUT2D eigenvalue weighted by atomic mass is 9.97. The van der Waals surface area contributed by atoms with E-state index in [1.165, 1.54) is 0 Å². The molecule has 0 saturated carbocycles. The van der Waals surface area contributed by atoms with E-state index in [0.29, 0.717) is 12.5 Å². The Morgan fingerprint density at radius 1 is 1.23 bits per heavy atom. The molecule has 4 heterocycles. The van der Waals surface area contributed by atoms with Crippen molar-refractivity contribution in [3.05, 3.63) is 35.4 Å². The summed E-state index contributed by atoms with van der Waals surface area (Å²) >= 11 is 1.72. The fourth-order valence-corrected chi connectivity index (χ4v) is 4.44. The number of nitrogens with zero attached hydrogens (tertiary/aromatic N) is 8. The molecule has 9 heteroatoms. The van der Waals surface area contributed by atoms with Crippen LogP contribution in [0, 0.1) is 0 Å². The van der Waals surface area contributed by atoms with E-state index in [1.807, 2.05) is 10.8 Å². The quantitative estimate of drug-likeness (QED) is 0.660. The standard InChI is InChI=1S/C17H24N8S/c1-3-5-15-20-22-17(26-15)25-8-4-6-13(10-25)16-21-19-14(23(16)2)11-24-9-7-18-12-24/h7,9,12-13H,3-6,8,10-11H2,1-2H3/t13-/m0/s1. The van der Waals surface area contributed by atoms with E-state index in [4.69, 9.17) is 0 Å². The summed E-state index contributed by atoms with van der Waals surface area (Å²) < 4.78 is 4.15. The van der Waals surface area contributed by atoms with Crippen LogP contribution in [-0.2, 0) is 20.0 Å². The van der Waals surface area contributed by atoms with Gasteiger partial charge in [0.05, 0.1) is 12.9 Å². The van der Waals surface area contributed by atoms with E-state index >= 15 is 0 Å². The molecule has 0 aliphatic carbocycles. The highest BCUT2D eigenvalue weighted by Crippen LogP contribution is 2.31. The Kier molecular flexibility index (Phi) is 4.96. The van der Waals surface area contributed by atoms with Gasteiger partial charge in [0.1, 0.15) is 10.8 Å². The zero-order valence-electron chi connectivity index (χ0n) is 15.2. The van der Waals surface area contributed by atoms with Gasteiger partial charge in [-0.25, -0.2) is 4.98 Å². The van der Waals surface area contributed by atoms with Crippen molar-refractivity contribution in [3.8, 4) is 0 Å². The fraction of sp³-hybridized carbons (Fsp3) is 0.588. The number of imidazole rings is 1. The van der Waals surface area contributed by atoms with Gasteiger partial charge in [-0.2, -0.15) is 0 Å². The van der Waals surface area contributed by atoms with Gasteiger partial charge in [-0.1, -0.05) is 18.3 Å². The molecule has 26 heavy (non-hydrogen) atoms. The van der Waals surface area contributed by atoms with Crippen LogP contribution in [0.3, 0.4) is 0 Å². The summed E-state index contributed by atoms with van der Waals surface area (Å²) in [5.74, 6) is 2.38. The van der Waals surface area contributed by atoms with Crippen LogP contribution in [0.25, 0.3) is 0 Å². The average Bonchev–Trinajstić information content (AvgIpc) is 3.39. The highest BCUT2D eigenvalue weighted by Gasteiger charge is 2.27. The van der Waals surface area contributed by atoms with Crippen molar-refractivity contribution in [3.63, 3.8) is 0 Å². The average molecular weight is 373 g/mol. The van der Waals surface area contributed by atoms with Crippen LogP contribution in [0.1, 0.15) is 48.8 Å². The third-order valence-electron chi connectivity index (χ3n) is 4.86. The molecule has 0 unspecified atom stereocenters. The Morgan fingerprint density at radius 3 is 2.96 bits per heavy atom. The number of rotatable bonds is 6. The van der Waals surface area contributed by atoms with Crippen molar-refractivity contribution in [1.29, 1.82) is 0 Å². The molecule has 0 spiro atoms. The molecule has 1 saturated heterocycles. The van der Waals surface area contributed by atoms with E-state index in [-0.39, 0.29) is 0 Å². The van der Waals surface area contributed by atoms with Gasteiger partial charge in [-0.15, -0.1) is 20.4 Å². The van der Waals surface area contributed by atoms with Crippen LogP contribution in [0.2, 0.25) is 0 Å². The Labute approximate surface area is 156 Å². The molecule has 0 amide bonds. The molecule has 4 rings (SSSR count). The summed E-state index contributed by atoms with van der Waals surface area (Å²) in [4.78, 5) is 6.45. The van der Waals surface area contributed by atoms with Crippen molar-refractivity contribution in [2.45, 2.75) is 45.1 Å². The summed E-state index contributed by atoms with van der Waals surface area (Å²) in [7, 11) is 2.06. The van der Waals surface area contributed by atoms with E-state index < -0.39 is 0 Å². The lowest BCUT2D eigenvalue weighted by molar-refractivity contribution is 0.477. The topological polar surface area (TPSA) is 77.6 Å². The van der Waals surface area contributed by atoms with Crippen molar-refractivity contribution < 1.29 is 0 Å². The predicted octanol–water partition coefficient (Wildman–Crippen LogP) is 2.25. The second-order valence-corrected chi connectivity index (χ2v) is 7.82. The zero-order valence-corrected chi connectivity index (χ0v) is 16.1. The maximum Gasteiger partial charge on any atom is 0.208 e. The van der Waals surface area contributed by atoms with Crippen LogP contribution in [0.15, 0.2) is 18.7 Å². The highest BCUT2D eigenvalue weighted by molar-refractivity contribution is 7.15. The second-order valence-electron chi connectivity index (χ2n) is 6.78. The van der Waals surface area contributed by atoms with Gasteiger partial charge < -0.3 is 14.0 Å². The lowest BCUT2D eigenvalue weighted by Gasteiger charge is -2.31. The smallest absolute Gasteiger partial charge is 0.208 e. The third kappa shape index (κ3) is 3.48. The summed E-state index contributed by atoms with van der Waals surface area (Å²) in [6, 6.07) is 0. The van der Waals surface area contributed by atoms with Crippen molar-refractivity contribution in [2.24, 2.45) is 7.05 Å². The molecular weight excluding hydrogens is 348 g/mol. The molecule has 1 fully saturated rings. The summed E-state index contributed by atoms with van der Waals surface area (Å²) in [6.07, 6.45) is 9.92. The van der Waals surface area contributed by atoms with Crippen LogP contribution < -0.4 is 4.90 Å². The number of aromatic nitrogens is 7. The maximum atomic E-state index is 4.50. The largest absolute Gasteiger partial charge is 0.346 e. The molecule has 0 radical (unpaired) electrons. The number of anilines is 1. The summed E-state index contributed by atoms with van der Waals surface area (Å²) in [5, 5.41) is 19.8. The Morgan fingerprint density at radius 2 is 2.15 bits per heavy atom. The predicted molar refractivity (Wildman–Crippen MR) is 100 cm³/mol. The van der Waals surface area contributed by atoms with Crippen molar-refractivity contribution in [1.82, 2.24) is 34.5 Å². The molecule has 8 nitrogen and oxygen atoms in total. The van der Waals surface area contributed by atoms with Crippen LogP contribution in [0.4, 0.5) is 5.13 Å². The minimum atomic E-state index is 0.372. The highest BCUT2D eigenvalue weighted by atomic mass is 32.1. The molecule has 3 aromatic heterocycles. The number of aryl methyl sites for hydroxylation is 1. The molecule has 1 atom stereocenters. The summed E-state index contributed by atoms with van der Waals surface area (Å²) in [5.41, 5.74) is 0. The lowest BCUT2D eigenvalue weighted by Crippen LogP contribution is -2.35. The van der Waals surface area contributed by atoms with E-state index in [1.54, 1.807) is 23.9 Å². The van der Waals surface area contributed by atoms with E-state index in [0.717, 1.165) is 60.6 Å². The molecule has 0 aromatic carbocycles. The van der Waals surface area contributed by atoms with Gasteiger partial charge >= 0.3 is 0 Å². The van der Waals surface area contributed by atoms with Crippen molar-refractivity contribution in [2.75, 3.05) is 18.0 Å². The molecular formula is C17H24N8S. The molecule has 1 aliphatic rings. The maximum absolute atomic E-state index is 4.50. The van der Waals surface area contributed by atoms with Gasteiger partial charge in [0.25, 0.3) is 0 Å². The third-order valence-corrected chi connectivity index (χ3v) is 5.90. The van der Waals surface area contributed by atoms with Gasteiger partial charge in [0.15, 0.2) is 5.82 Å². The molecule has 0 N–H and O–H groups in total.